The van der Waals surface area contributed by atoms with E-state index in [2.05, 4.69) is 20.4 Å². The van der Waals surface area contributed by atoms with Gasteiger partial charge in [0.1, 0.15) is 17.8 Å². The topological polar surface area (TPSA) is 100 Å². The van der Waals surface area contributed by atoms with Crippen LogP contribution in [0.4, 0.5) is 0 Å². The van der Waals surface area contributed by atoms with Crippen molar-refractivity contribution in [2.45, 2.75) is 12.3 Å². The monoisotopic (exact) mass is 407 g/mol. The molecule has 1 N–H and O–H groups in total. The minimum atomic E-state index is -3.41. The van der Waals surface area contributed by atoms with Crippen LogP contribution in [0.25, 0.3) is 0 Å². The van der Waals surface area contributed by atoms with Gasteiger partial charge in [-0.05, 0) is 17.7 Å². The number of hydrogen-bond acceptors (Lipinski definition) is 6. The minimum Gasteiger partial charge on any atom is -0.497 e. The molecule has 0 saturated carbocycles. The van der Waals surface area contributed by atoms with Crippen molar-refractivity contribution in [2.75, 3.05) is 40.3 Å². The number of rotatable bonds is 6. The maximum Gasteiger partial charge on any atom is 0.220 e. The molecule has 0 amide bonds. The number of hydrogen-bond donors (Lipinski definition) is 1. The van der Waals surface area contributed by atoms with Crippen LogP contribution in [0.1, 0.15) is 11.3 Å². The Kier molecular flexibility index (Phi) is 6.53. The van der Waals surface area contributed by atoms with Gasteiger partial charge in [-0.15, -0.1) is 0 Å². The fraction of sp³-hybridized carbons (Fsp3) is 0.444. The lowest BCUT2D eigenvalue weighted by Crippen LogP contribution is -2.53. The number of sulfonamides is 1. The summed E-state index contributed by atoms with van der Waals surface area (Å²) in [5, 5.41) is 7.02. The Morgan fingerprint density at radius 2 is 1.93 bits per heavy atom. The van der Waals surface area contributed by atoms with Crippen LogP contribution >= 0.6 is 0 Å². The van der Waals surface area contributed by atoms with E-state index in [9.17, 15) is 8.42 Å². The largest absolute Gasteiger partial charge is 0.497 e. The molecule has 10 heteroatoms. The van der Waals surface area contributed by atoms with E-state index < -0.39 is 10.0 Å². The van der Waals surface area contributed by atoms with E-state index >= 15 is 0 Å². The van der Waals surface area contributed by atoms with Gasteiger partial charge in [-0.25, -0.2) is 8.42 Å². The quantitative estimate of drug-likeness (QED) is 0.561. The number of nitrogens with zero attached hydrogens (tertiary/aromatic N) is 4. The van der Waals surface area contributed by atoms with Gasteiger partial charge in [-0.2, -0.15) is 4.31 Å². The molecule has 0 radical (unpaired) electrons. The molecule has 0 aliphatic carbocycles. The van der Waals surface area contributed by atoms with Gasteiger partial charge in [0.05, 0.1) is 12.8 Å². The van der Waals surface area contributed by atoms with Crippen LogP contribution < -0.4 is 10.1 Å². The van der Waals surface area contributed by atoms with Crippen molar-refractivity contribution >= 4 is 16.0 Å². The van der Waals surface area contributed by atoms with Crippen LogP contribution in [0.5, 0.6) is 5.75 Å². The van der Waals surface area contributed by atoms with Crippen LogP contribution in [0.3, 0.4) is 0 Å². The molecule has 2 heterocycles. The summed E-state index contributed by atoms with van der Waals surface area (Å²) in [6.07, 6.45) is 1.38. The summed E-state index contributed by atoms with van der Waals surface area (Å²) in [4.78, 5) is 6.39. The van der Waals surface area contributed by atoms with Gasteiger partial charge >= 0.3 is 0 Å². The maximum atomic E-state index is 12.5. The molecule has 1 aliphatic rings. The van der Waals surface area contributed by atoms with Crippen LogP contribution in [-0.4, -0.2) is 69.1 Å². The number of methoxy groups -OCH3 is 1. The number of aliphatic imine (C=N–C) groups is 1. The second kappa shape index (κ2) is 9.07. The highest BCUT2D eigenvalue weighted by Crippen LogP contribution is 2.14. The van der Waals surface area contributed by atoms with Gasteiger partial charge < -0.3 is 19.5 Å². The third kappa shape index (κ3) is 5.02. The zero-order valence-corrected chi connectivity index (χ0v) is 16.9. The van der Waals surface area contributed by atoms with E-state index in [4.69, 9.17) is 9.26 Å². The summed E-state index contributed by atoms with van der Waals surface area (Å²) < 4.78 is 36.4. The minimum absolute atomic E-state index is 0.145. The number of piperazine rings is 1. The van der Waals surface area contributed by atoms with Crippen LogP contribution in [0.2, 0.25) is 0 Å². The van der Waals surface area contributed by atoms with Crippen LogP contribution in [0.15, 0.2) is 46.1 Å². The van der Waals surface area contributed by atoms with Crippen molar-refractivity contribution in [1.82, 2.24) is 19.7 Å². The second-order valence-corrected chi connectivity index (χ2v) is 8.35. The summed E-state index contributed by atoms with van der Waals surface area (Å²) in [5.74, 6) is 1.42. The summed E-state index contributed by atoms with van der Waals surface area (Å²) in [7, 11) is -0.0463. The maximum absolute atomic E-state index is 12.5. The van der Waals surface area contributed by atoms with E-state index in [0.717, 1.165) is 17.3 Å². The normalized spacial score (nSPS) is 16.2. The molecule has 28 heavy (non-hydrogen) atoms. The molecular formula is C18H25N5O4S. The third-order valence-corrected chi connectivity index (χ3v) is 6.39. The van der Waals surface area contributed by atoms with Crippen molar-refractivity contribution in [3.05, 3.63) is 47.9 Å². The first-order valence-electron chi connectivity index (χ1n) is 8.97. The molecule has 152 valence electrons. The molecule has 0 unspecified atom stereocenters. The molecule has 9 nitrogen and oxygen atoms in total. The van der Waals surface area contributed by atoms with Crippen molar-refractivity contribution in [3.8, 4) is 5.75 Å². The Hall–Kier alpha value is -2.59. The van der Waals surface area contributed by atoms with Crippen molar-refractivity contribution < 1.29 is 17.7 Å². The average molecular weight is 407 g/mol. The lowest BCUT2D eigenvalue weighted by Gasteiger charge is -2.35. The smallest absolute Gasteiger partial charge is 0.220 e. The Balaban J connectivity index is 1.52. The summed E-state index contributed by atoms with van der Waals surface area (Å²) >= 11 is 0. The van der Waals surface area contributed by atoms with Gasteiger partial charge in [0, 0.05) is 45.8 Å². The molecular weight excluding hydrogens is 382 g/mol. The number of nitrogens with one attached hydrogen (secondary N) is 1. The molecule has 3 rings (SSSR count). The van der Waals surface area contributed by atoms with E-state index in [1.165, 1.54) is 10.6 Å². The molecule has 1 aliphatic heterocycles. The molecule has 1 saturated heterocycles. The predicted molar refractivity (Wildman–Crippen MR) is 105 cm³/mol. The molecule has 0 atom stereocenters. The Morgan fingerprint density at radius 3 is 2.50 bits per heavy atom. The summed E-state index contributed by atoms with van der Waals surface area (Å²) in [6.45, 7) is 2.58. The van der Waals surface area contributed by atoms with E-state index in [-0.39, 0.29) is 5.75 Å². The molecule has 1 aromatic heterocycles. The van der Waals surface area contributed by atoms with E-state index in [1.54, 1.807) is 20.2 Å². The lowest BCUT2D eigenvalue weighted by molar-refractivity contribution is 0.259. The highest BCUT2D eigenvalue weighted by molar-refractivity contribution is 7.88. The van der Waals surface area contributed by atoms with Crippen molar-refractivity contribution in [1.29, 1.82) is 0 Å². The highest BCUT2D eigenvalue weighted by atomic mass is 32.2. The standard InChI is InChI=1S/C18H25N5O4S/c1-19-18(20-13-15-3-5-17(26-2)6-4-15)22-8-10-23(11-9-22)28(24,25)14-16-7-12-27-21-16/h3-7,12H,8-11,13-14H2,1-2H3,(H,19,20). The number of guanidine groups is 1. The van der Waals surface area contributed by atoms with Gasteiger partial charge in [0.25, 0.3) is 0 Å². The number of ether oxygens (including phenoxy) is 1. The third-order valence-electron chi connectivity index (χ3n) is 4.57. The second-order valence-electron chi connectivity index (χ2n) is 6.38. The van der Waals surface area contributed by atoms with Crippen LogP contribution in [-0.2, 0) is 22.3 Å². The number of benzene rings is 1. The van der Waals surface area contributed by atoms with Crippen molar-refractivity contribution in [3.63, 3.8) is 0 Å². The summed E-state index contributed by atoms with van der Waals surface area (Å²) in [5.41, 5.74) is 1.52. The highest BCUT2D eigenvalue weighted by Gasteiger charge is 2.28. The molecule has 0 spiro atoms. The molecule has 2 aromatic rings. The van der Waals surface area contributed by atoms with Crippen molar-refractivity contribution in [2.24, 2.45) is 4.99 Å². The van der Waals surface area contributed by atoms with E-state index in [1.807, 2.05) is 24.3 Å². The van der Waals surface area contributed by atoms with Gasteiger partial charge in [-0.1, -0.05) is 17.3 Å². The molecule has 1 aromatic carbocycles. The Morgan fingerprint density at radius 1 is 1.21 bits per heavy atom. The zero-order chi connectivity index (χ0) is 20.0. The summed E-state index contributed by atoms with van der Waals surface area (Å²) in [6, 6.07) is 9.39. The fourth-order valence-corrected chi connectivity index (χ4v) is 4.45. The Bertz CT molecular complexity index is 873. The first kappa shape index (κ1) is 20.2. The lowest BCUT2D eigenvalue weighted by atomic mass is 10.2. The first-order valence-corrected chi connectivity index (χ1v) is 10.6. The zero-order valence-electron chi connectivity index (χ0n) is 16.0. The molecule has 0 bridgehead atoms. The molecule has 1 fully saturated rings. The first-order chi connectivity index (χ1) is 13.5. The Labute approximate surface area is 165 Å². The average Bonchev–Trinajstić information content (AvgIpc) is 3.21. The predicted octanol–water partition coefficient (Wildman–Crippen LogP) is 0.906. The SMILES string of the molecule is CN=C(NCc1ccc(OC)cc1)N1CCN(S(=O)(=O)Cc2ccon2)CC1. The van der Waals surface area contributed by atoms with Gasteiger partial charge in [0.15, 0.2) is 5.96 Å². The van der Waals surface area contributed by atoms with E-state index in [0.29, 0.717) is 38.4 Å². The van der Waals surface area contributed by atoms with Gasteiger partial charge in [-0.3, -0.25) is 4.99 Å². The number of aromatic nitrogens is 1. The van der Waals surface area contributed by atoms with Crippen LogP contribution in [0, 0.1) is 0 Å². The fourth-order valence-electron chi connectivity index (χ4n) is 3.03. The van der Waals surface area contributed by atoms with Gasteiger partial charge in [0.2, 0.25) is 10.0 Å².